The Morgan fingerprint density at radius 2 is 0.688 bits per heavy atom. The van der Waals surface area contributed by atoms with E-state index in [4.69, 9.17) is 26.6 Å². The summed E-state index contributed by atoms with van der Waals surface area (Å²) in [7, 11) is -2.46. The highest BCUT2D eigenvalue weighted by atomic mass is 33.1. The maximum atomic E-state index is 6.37. The van der Waals surface area contributed by atoms with Crippen LogP contribution < -0.4 is 0 Å². The molecule has 0 rings (SSSR count). The molecular formula is C22H50O6S2Si2. The van der Waals surface area contributed by atoms with Crippen LogP contribution >= 0.6 is 21.6 Å². The molecule has 32 heavy (non-hydrogen) atoms. The molecular weight excluding hydrogens is 481 g/mol. The van der Waals surface area contributed by atoms with Crippen LogP contribution in [0.1, 0.15) is 83.1 Å². The Hall–Kier alpha value is 0.894. The van der Waals surface area contributed by atoms with Crippen molar-refractivity contribution in [3.8, 4) is 0 Å². The van der Waals surface area contributed by atoms with E-state index in [-0.39, 0.29) is 20.6 Å². The normalized spacial score (nSPS) is 17.1. The summed E-state index contributed by atoms with van der Waals surface area (Å²) in [4.78, 5) is 0. The van der Waals surface area contributed by atoms with Crippen LogP contribution in [-0.2, 0) is 26.6 Å². The van der Waals surface area contributed by atoms with Crippen LogP contribution in [0.15, 0.2) is 0 Å². The molecule has 10 heteroatoms. The van der Waals surface area contributed by atoms with E-state index in [1.807, 2.05) is 41.5 Å². The third kappa shape index (κ3) is 7.21. The van der Waals surface area contributed by atoms with E-state index in [1.165, 1.54) is 0 Å². The zero-order valence-electron chi connectivity index (χ0n) is 22.7. The zero-order chi connectivity index (χ0) is 25.1. The van der Waals surface area contributed by atoms with Gasteiger partial charge < -0.3 is 26.6 Å². The minimum absolute atomic E-state index is 0.259. The lowest BCUT2D eigenvalue weighted by Crippen LogP contribution is -2.66. The maximum absolute atomic E-state index is 6.37. The van der Waals surface area contributed by atoms with E-state index < -0.39 is 17.6 Å². The van der Waals surface area contributed by atoms with Gasteiger partial charge in [0, 0.05) is 39.6 Å². The number of hydrogen-bond donors (Lipinski definition) is 0. The highest BCUT2D eigenvalue weighted by Gasteiger charge is 2.65. The topological polar surface area (TPSA) is 55.4 Å². The van der Waals surface area contributed by atoms with Crippen molar-refractivity contribution >= 4 is 39.2 Å². The minimum atomic E-state index is -3.03. The van der Waals surface area contributed by atoms with Crippen molar-refractivity contribution in [1.82, 2.24) is 0 Å². The summed E-state index contributed by atoms with van der Waals surface area (Å²) in [6, 6.07) is 0. The van der Waals surface area contributed by atoms with Crippen LogP contribution in [0.4, 0.5) is 0 Å². The summed E-state index contributed by atoms with van der Waals surface area (Å²) in [6.45, 7) is 28.7. The molecule has 194 valence electrons. The lowest BCUT2D eigenvalue weighted by atomic mass is 10.1. The summed E-state index contributed by atoms with van der Waals surface area (Å²) in [5.41, 5.74) is 0. The Morgan fingerprint density at radius 1 is 0.500 bits per heavy atom. The lowest BCUT2D eigenvalue weighted by molar-refractivity contribution is 0.0528. The van der Waals surface area contributed by atoms with Gasteiger partial charge in [0.1, 0.15) is 0 Å². The SMILES string of the molecule is CCO[Si](OCC)(OCC)C(C)(SSC(C)(C(C)C)[Si](OCC)(OCC)OCC)C(C)C. The summed E-state index contributed by atoms with van der Waals surface area (Å²) in [5.74, 6) is 0.519. The molecule has 0 heterocycles. The average Bonchev–Trinajstić information content (AvgIpc) is 2.72. The first-order chi connectivity index (χ1) is 15.0. The number of rotatable bonds is 19. The largest absolute Gasteiger partial charge is 0.518 e. The molecule has 0 aromatic rings. The first-order valence-electron chi connectivity index (χ1n) is 12.2. The predicted octanol–water partition coefficient (Wildman–Crippen LogP) is 6.37. The van der Waals surface area contributed by atoms with Gasteiger partial charge in [-0.1, -0.05) is 49.3 Å². The Labute approximate surface area is 208 Å². The predicted molar refractivity (Wildman–Crippen MR) is 143 cm³/mol. The van der Waals surface area contributed by atoms with Crippen molar-refractivity contribution in [2.75, 3.05) is 39.6 Å². The van der Waals surface area contributed by atoms with Crippen LogP contribution in [-0.4, -0.2) is 66.0 Å². The Bertz CT molecular complexity index is 437. The van der Waals surface area contributed by atoms with Crippen molar-refractivity contribution in [2.45, 2.75) is 91.8 Å². The molecule has 2 atom stereocenters. The van der Waals surface area contributed by atoms with Crippen LogP contribution in [0, 0.1) is 11.8 Å². The molecule has 0 spiro atoms. The molecule has 0 saturated heterocycles. The fraction of sp³-hybridized carbons (Fsp3) is 1.00. The second-order valence-electron chi connectivity index (χ2n) is 8.40. The van der Waals surface area contributed by atoms with Crippen LogP contribution in [0.5, 0.6) is 0 Å². The van der Waals surface area contributed by atoms with Gasteiger partial charge >= 0.3 is 17.6 Å². The van der Waals surface area contributed by atoms with E-state index in [9.17, 15) is 0 Å². The van der Waals surface area contributed by atoms with Gasteiger partial charge in [-0.05, 0) is 67.2 Å². The standard InChI is InChI=1S/C22H50O6S2Si2/c1-13-23-31(24-14-2,25-15-3)21(11,19(7)8)29-30-22(12,20(9)10)32(26-16-4,27-17-5)28-18-6/h19-20H,13-18H2,1-12H3. The first kappa shape index (κ1) is 32.9. The van der Waals surface area contributed by atoms with Crippen molar-refractivity contribution in [1.29, 1.82) is 0 Å². The lowest BCUT2D eigenvalue weighted by Gasteiger charge is -2.49. The fourth-order valence-corrected chi connectivity index (χ4v) is 16.7. The zero-order valence-corrected chi connectivity index (χ0v) is 26.3. The second kappa shape index (κ2) is 15.1. The van der Waals surface area contributed by atoms with Gasteiger partial charge in [0.05, 0.1) is 8.74 Å². The average molecular weight is 531 g/mol. The second-order valence-corrected chi connectivity index (χ2v) is 18.2. The Morgan fingerprint density at radius 3 is 0.812 bits per heavy atom. The van der Waals surface area contributed by atoms with Crippen LogP contribution in [0.3, 0.4) is 0 Å². The third-order valence-corrected chi connectivity index (χ3v) is 20.5. The minimum Gasteiger partial charge on any atom is -0.373 e. The van der Waals surface area contributed by atoms with E-state index in [0.717, 1.165) is 0 Å². The third-order valence-electron chi connectivity index (χ3n) is 5.81. The highest BCUT2D eigenvalue weighted by Crippen LogP contribution is 2.56. The van der Waals surface area contributed by atoms with Gasteiger partial charge in [0.15, 0.2) is 0 Å². The molecule has 2 unspecified atom stereocenters. The maximum Gasteiger partial charge on any atom is 0.518 e. The van der Waals surface area contributed by atoms with Gasteiger partial charge in [-0.2, -0.15) is 0 Å². The smallest absolute Gasteiger partial charge is 0.373 e. The molecule has 0 radical (unpaired) electrons. The van der Waals surface area contributed by atoms with Gasteiger partial charge in [0.2, 0.25) is 0 Å². The van der Waals surface area contributed by atoms with E-state index in [1.54, 1.807) is 21.6 Å². The molecule has 0 saturated carbocycles. The molecule has 0 amide bonds. The van der Waals surface area contributed by atoms with Crippen molar-refractivity contribution < 1.29 is 26.6 Å². The van der Waals surface area contributed by atoms with Gasteiger partial charge in [0.25, 0.3) is 0 Å². The molecule has 0 aliphatic carbocycles. The quantitative estimate of drug-likeness (QED) is 0.141. The van der Waals surface area contributed by atoms with Crippen molar-refractivity contribution in [2.24, 2.45) is 11.8 Å². The van der Waals surface area contributed by atoms with Crippen LogP contribution in [0.2, 0.25) is 0 Å². The van der Waals surface area contributed by atoms with Gasteiger partial charge in [-0.25, -0.2) is 0 Å². The summed E-state index contributed by atoms with van der Waals surface area (Å²) >= 11 is 0. The van der Waals surface area contributed by atoms with Crippen molar-refractivity contribution in [3.63, 3.8) is 0 Å². The Balaban J connectivity index is 6.46. The van der Waals surface area contributed by atoms with Gasteiger partial charge in [-0.3, -0.25) is 0 Å². The van der Waals surface area contributed by atoms with Crippen molar-refractivity contribution in [3.05, 3.63) is 0 Å². The molecule has 0 aromatic heterocycles. The van der Waals surface area contributed by atoms with Gasteiger partial charge in [-0.15, -0.1) is 0 Å². The summed E-state index contributed by atoms with van der Waals surface area (Å²) < 4.78 is 37.5. The molecule has 0 bridgehead atoms. The van der Waals surface area contributed by atoms with E-state index in [0.29, 0.717) is 39.6 Å². The first-order valence-corrected chi connectivity index (χ1v) is 17.8. The molecule has 0 aliphatic heterocycles. The molecule has 6 nitrogen and oxygen atoms in total. The number of hydrogen-bond acceptors (Lipinski definition) is 8. The molecule has 0 N–H and O–H groups in total. The van der Waals surface area contributed by atoms with E-state index >= 15 is 0 Å². The van der Waals surface area contributed by atoms with E-state index in [2.05, 4.69) is 41.5 Å². The summed E-state index contributed by atoms with van der Waals surface area (Å²) in [6.07, 6.45) is 0. The summed E-state index contributed by atoms with van der Waals surface area (Å²) in [5, 5.41) is 0. The molecule has 0 aliphatic rings. The molecule has 0 aromatic carbocycles. The molecule has 0 fully saturated rings. The Kier molecular flexibility index (Phi) is 15.5. The monoisotopic (exact) mass is 530 g/mol. The van der Waals surface area contributed by atoms with Crippen LogP contribution in [0.25, 0.3) is 0 Å². The fourth-order valence-electron chi connectivity index (χ4n) is 3.42. The highest BCUT2D eigenvalue weighted by molar-refractivity contribution is 8.78.